The first kappa shape index (κ1) is 12.2. The average Bonchev–Trinajstić information content (AvgIpc) is 2.28. The fourth-order valence-corrected chi connectivity index (χ4v) is 1.34. The van der Waals surface area contributed by atoms with Gasteiger partial charge in [-0.15, -0.1) is 0 Å². The molecule has 3 N–H and O–H groups in total. The van der Waals surface area contributed by atoms with E-state index in [1.54, 1.807) is 0 Å². The van der Waals surface area contributed by atoms with Gasteiger partial charge in [0.15, 0.2) is 0 Å². The number of aromatic nitrogens is 2. The number of nitrogens with two attached hydrogens (primary N) is 1. The Morgan fingerprint density at radius 2 is 1.94 bits per heavy atom. The molecule has 0 fully saturated rings. The van der Waals surface area contributed by atoms with E-state index in [4.69, 9.17) is 5.73 Å². The van der Waals surface area contributed by atoms with Gasteiger partial charge in [-0.3, -0.25) is 0 Å². The Morgan fingerprint density at radius 1 is 1.17 bits per heavy atom. The Bertz CT molecular complexity index is 554. The zero-order valence-corrected chi connectivity index (χ0v) is 9.07. The lowest BCUT2D eigenvalue weighted by Gasteiger charge is -2.09. The number of hydrogen-bond donors (Lipinski definition) is 2. The normalized spacial score (nSPS) is 11.3. The van der Waals surface area contributed by atoms with Gasteiger partial charge in [0.25, 0.3) is 0 Å². The highest BCUT2D eigenvalue weighted by Gasteiger charge is 2.30. The van der Waals surface area contributed by atoms with E-state index in [1.807, 2.05) is 0 Å². The summed E-state index contributed by atoms with van der Waals surface area (Å²) in [4.78, 5) is 7.68. The van der Waals surface area contributed by atoms with Gasteiger partial charge in [-0.05, 0) is 24.3 Å². The standard InChI is InChI=1S/C11H9F3N4/c12-11(13,14)7-2-1-3-8(6-7)17-10-16-5-4-9(15)18-10/h1-6H,(H3,15,16,17,18). The molecule has 0 unspecified atom stereocenters. The summed E-state index contributed by atoms with van der Waals surface area (Å²) >= 11 is 0. The second-order valence-electron chi connectivity index (χ2n) is 3.51. The summed E-state index contributed by atoms with van der Waals surface area (Å²) < 4.78 is 37.5. The van der Waals surface area contributed by atoms with E-state index in [2.05, 4.69) is 15.3 Å². The number of benzene rings is 1. The predicted octanol–water partition coefficient (Wildman–Crippen LogP) is 2.82. The number of rotatable bonds is 2. The largest absolute Gasteiger partial charge is 0.416 e. The molecule has 1 aromatic carbocycles. The van der Waals surface area contributed by atoms with Gasteiger partial charge in [-0.25, -0.2) is 4.98 Å². The lowest BCUT2D eigenvalue weighted by atomic mass is 10.2. The molecule has 0 aliphatic rings. The van der Waals surface area contributed by atoms with Crippen LogP contribution in [0.1, 0.15) is 5.56 Å². The van der Waals surface area contributed by atoms with Crippen LogP contribution < -0.4 is 11.1 Å². The Kier molecular flexibility index (Phi) is 3.05. The van der Waals surface area contributed by atoms with Crippen LogP contribution in [0.5, 0.6) is 0 Å². The van der Waals surface area contributed by atoms with Crippen molar-refractivity contribution in [3.05, 3.63) is 42.1 Å². The highest BCUT2D eigenvalue weighted by Crippen LogP contribution is 2.31. The Morgan fingerprint density at radius 3 is 2.61 bits per heavy atom. The van der Waals surface area contributed by atoms with Crippen molar-refractivity contribution in [2.24, 2.45) is 0 Å². The summed E-state index contributed by atoms with van der Waals surface area (Å²) in [5.41, 5.74) is 4.95. The van der Waals surface area contributed by atoms with Crippen LogP contribution in [0.25, 0.3) is 0 Å². The van der Waals surface area contributed by atoms with Gasteiger partial charge in [0, 0.05) is 11.9 Å². The van der Waals surface area contributed by atoms with Gasteiger partial charge in [0.1, 0.15) is 5.82 Å². The molecule has 0 saturated carbocycles. The molecule has 4 nitrogen and oxygen atoms in total. The van der Waals surface area contributed by atoms with E-state index in [9.17, 15) is 13.2 Å². The van der Waals surface area contributed by atoms with Crippen LogP contribution in [0.2, 0.25) is 0 Å². The quantitative estimate of drug-likeness (QED) is 0.864. The third-order valence-corrected chi connectivity index (χ3v) is 2.12. The molecule has 1 heterocycles. The molecule has 0 aliphatic carbocycles. The Balaban J connectivity index is 2.25. The molecule has 0 bridgehead atoms. The fraction of sp³-hybridized carbons (Fsp3) is 0.0909. The second kappa shape index (κ2) is 4.52. The predicted molar refractivity (Wildman–Crippen MR) is 61.2 cm³/mol. The summed E-state index contributed by atoms with van der Waals surface area (Å²) in [7, 11) is 0. The summed E-state index contributed by atoms with van der Waals surface area (Å²) in [6.45, 7) is 0. The average molecular weight is 254 g/mol. The minimum absolute atomic E-state index is 0.148. The third kappa shape index (κ3) is 2.88. The van der Waals surface area contributed by atoms with Gasteiger partial charge in [0.2, 0.25) is 5.95 Å². The van der Waals surface area contributed by atoms with Crippen LogP contribution >= 0.6 is 0 Å². The van der Waals surface area contributed by atoms with Crippen molar-refractivity contribution in [2.75, 3.05) is 11.1 Å². The highest BCUT2D eigenvalue weighted by molar-refractivity contribution is 5.55. The van der Waals surface area contributed by atoms with Crippen LogP contribution in [0, 0.1) is 0 Å². The molecule has 0 amide bonds. The van der Waals surface area contributed by atoms with E-state index in [-0.39, 0.29) is 17.5 Å². The van der Waals surface area contributed by atoms with Crippen molar-refractivity contribution in [1.29, 1.82) is 0 Å². The monoisotopic (exact) mass is 254 g/mol. The van der Waals surface area contributed by atoms with Crippen molar-refractivity contribution in [1.82, 2.24) is 9.97 Å². The van der Waals surface area contributed by atoms with Gasteiger partial charge < -0.3 is 11.1 Å². The van der Waals surface area contributed by atoms with Crippen LogP contribution in [0.15, 0.2) is 36.5 Å². The minimum Gasteiger partial charge on any atom is -0.384 e. The van der Waals surface area contributed by atoms with Gasteiger partial charge in [-0.1, -0.05) is 6.07 Å². The van der Waals surface area contributed by atoms with Crippen molar-refractivity contribution in [3.8, 4) is 0 Å². The van der Waals surface area contributed by atoms with E-state index >= 15 is 0 Å². The topological polar surface area (TPSA) is 63.8 Å². The smallest absolute Gasteiger partial charge is 0.384 e. The van der Waals surface area contributed by atoms with E-state index in [0.29, 0.717) is 0 Å². The molecule has 7 heteroatoms. The summed E-state index contributed by atoms with van der Waals surface area (Å²) in [6, 6.07) is 6.24. The van der Waals surface area contributed by atoms with Crippen molar-refractivity contribution >= 4 is 17.5 Å². The lowest BCUT2D eigenvalue weighted by Crippen LogP contribution is -2.06. The van der Waals surface area contributed by atoms with Crippen LogP contribution in [-0.4, -0.2) is 9.97 Å². The Hall–Kier alpha value is -2.31. The van der Waals surface area contributed by atoms with E-state index in [0.717, 1.165) is 12.1 Å². The zero-order valence-electron chi connectivity index (χ0n) is 9.07. The van der Waals surface area contributed by atoms with E-state index < -0.39 is 11.7 Å². The molecular formula is C11H9F3N4. The van der Waals surface area contributed by atoms with Gasteiger partial charge in [-0.2, -0.15) is 18.2 Å². The summed E-state index contributed by atoms with van der Waals surface area (Å²) in [5.74, 6) is 0.383. The number of nitrogen functional groups attached to an aromatic ring is 1. The first-order valence-electron chi connectivity index (χ1n) is 4.98. The minimum atomic E-state index is -4.38. The zero-order chi connectivity index (χ0) is 13.2. The number of nitrogens with zero attached hydrogens (tertiary/aromatic N) is 2. The molecule has 0 spiro atoms. The molecule has 0 radical (unpaired) electrons. The van der Waals surface area contributed by atoms with Crippen molar-refractivity contribution in [3.63, 3.8) is 0 Å². The van der Waals surface area contributed by atoms with Crippen molar-refractivity contribution in [2.45, 2.75) is 6.18 Å². The van der Waals surface area contributed by atoms with Gasteiger partial charge in [0.05, 0.1) is 5.56 Å². The van der Waals surface area contributed by atoms with Gasteiger partial charge >= 0.3 is 6.18 Å². The first-order valence-corrected chi connectivity index (χ1v) is 4.98. The van der Waals surface area contributed by atoms with Crippen LogP contribution in [0.3, 0.4) is 0 Å². The lowest BCUT2D eigenvalue weighted by molar-refractivity contribution is -0.137. The molecule has 94 valence electrons. The molecule has 0 atom stereocenters. The summed E-state index contributed by atoms with van der Waals surface area (Å²) in [6.07, 6.45) is -2.97. The molecule has 0 aliphatic heterocycles. The number of alkyl halides is 3. The fourth-order valence-electron chi connectivity index (χ4n) is 1.34. The number of hydrogen-bond acceptors (Lipinski definition) is 4. The number of nitrogens with one attached hydrogen (secondary N) is 1. The van der Waals surface area contributed by atoms with Crippen LogP contribution in [-0.2, 0) is 6.18 Å². The molecule has 0 saturated heterocycles. The molecule has 18 heavy (non-hydrogen) atoms. The summed E-state index contributed by atoms with van der Waals surface area (Å²) in [5, 5.41) is 2.66. The second-order valence-corrected chi connectivity index (χ2v) is 3.51. The first-order chi connectivity index (χ1) is 8.45. The number of halogens is 3. The maximum absolute atomic E-state index is 12.5. The molecule has 1 aromatic heterocycles. The van der Waals surface area contributed by atoms with Crippen molar-refractivity contribution < 1.29 is 13.2 Å². The molecular weight excluding hydrogens is 245 g/mol. The van der Waals surface area contributed by atoms with E-state index in [1.165, 1.54) is 24.4 Å². The Labute approximate surface area is 101 Å². The van der Waals surface area contributed by atoms with Crippen LogP contribution in [0.4, 0.5) is 30.6 Å². The maximum atomic E-state index is 12.5. The molecule has 2 aromatic rings. The molecule has 2 rings (SSSR count). The highest BCUT2D eigenvalue weighted by atomic mass is 19.4. The SMILES string of the molecule is Nc1ccnc(Nc2cccc(C(F)(F)F)c2)n1. The third-order valence-electron chi connectivity index (χ3n) is 2.12. The number of anilines is 3. The maximum Gasteiger partial charge on any atom is 0.416 e.